The van der Waals surface area contributed by atoms with Crippen molar-refractivity contribution in [2.75, 3.05) is 36.4 Å². The van der Waals surface area contributed by atoms with Crippen molar-refractivity contribution < 1.29 is 36.2 Å². The third kappa shape index (κ3) is 6.15. The Bertz CT molecular complexity index is 1520. The van der Waals surface area contributed by atoms with Crippen molar-refractivity contribution in [3.63, 3.8) is 0 Å². The number of nitrogens with zero attached hydrogens (tertiary/aromatic N) is 3. The molecule has 2 heterocycles. The maximum atomic E-state index is 13.8. The van der Waals surface area contributed by atoms with Gasteiger partial charge in [0, 0.05) is 19.7 Å². The third-order valence-corrected chi connectivity index (χ3v) is 7.95. The highest BCUT2D eigenvalue weighted by atomic mass is 32.2. The second-order valence-electron chi connectivity index (χ2n) is 10.0. The second-order valence-corrected chi connectivity index (χ2v) is 11.9. The summed E-state index contributed by atoms with van der Waals surface area (Å²) in [6, 6.07) is 13.6. The van der Waals surface area contributed by atoms with Gasteiger partial charge in [0.05, 0.1) is 34.9 Å². The lowest BCUT2D eigenvalue weighted by atomic mass is 10.1. The summed E-state index contributed by atoms with van der Waals surface area (Å²) in [5, 5.41) is 12.4. The number of anilines is 2. The first-order chi connectivity index (χ1) is 18.6. The number of sulfonamides is 1. The molecule has 13 heteroatoms. The van der Waals surface area contributed by atoms with E-state index in [4.69, 9.17) is 4.74 Å². The van der Waals surface area contributed by atoms with Crippen LogP contribution >= 0.6 is 0 Å². The zero-order valence-electron chi connectivity index (χ0n) is 22.2. The Labute approximate surface area is 230 Å². The van der Waals surface area contributed by atoms with Crippen LogP contribution in [0.3, 0.4) is 0 Å². The molecule has 3 aromatic rings. The average molecular weight is 579 g/mol. The van der Waals surface area contributed by atoms with E-state index in [0.29, 0.717) is 23.1 Å². The summed E-state index contributed by atoms with van der Waals surface area (Å²) in [6.07, 6.45) is -5.64. The second kappa shape index (κ2) is 10.6. The summed E-state index contributed by atoms with van der Waals surface area (Å²) in [7, 11) is -0.863. The van der Waals surface area contributed by atoms with Gasteiger partial charge in [0.25, 0.3) is 15.9 Å². The number of alkyl halides is 3. The van der Waals surface area contributed by atoms with Gasteiger partial charge in [-0.25, -0.2) is 13.4 Å². The quantitative estimate of drug-likeness (QED) is 0.440. The van der Waals surface area contributed by atoms with Gasteiger partial charge in [-0.1, -0.05) is 12.1 Å². The first kappa shape index (κ1) is 29.2. The molecule has 0 radical (unpaired) electrons. The number of carbonyl (C=O) groups excluding carboxylic acids is 1. The minimum absolute atomic E-state index is 0.108. The molecule has 1 aromatic heterocycles. The number of amides is 1. The SMILES string of the molecule is CN(C)c1cccc(-c2ccc3c(c2)N(S(=O)(=O)c2cccc(C(F)(F)F)c2)CC(CNC(=O)C(C)(C)O)O3)n1. The van der Waals surface area contributed by atoms with E-state index in [0.717, 1.165) is 22.5 Å². The zero-order valence-corrected chi connectivity index (χ0v) is 23.0. The molecular weight excluding hydrogens is 549 g/mol. The average Bonchev–Trinajstić information content (AvgIpc) is 2.90. The molecule has 0 fully saturated rings. The number of ether oxygens (including phenoxy) is 1. The number of fused-ring (bicyclic) bond motifs is 1. The Morgan fingerprint density at radius 1 is 1.12 bits per heavy atom. The zero-order chi connectivity index (χ0) is 29.5. The number of pyridine rings is 1. The number of hydrogen-bond acceptors (Lipinski definition) is 7. The van der Waals surface area contributed by atoms with Crippen LogP contribution in [0.15, 0.2) is 65.6 Å². The molecule has 1 aliphatic rings. The molecule has 9 nitrogen and oxygen atoms in total. The van der Waals surface area contributed by atoms with Crippen molar-refractivity contribution in [1.82, 2.24) is 10.3 Å². The topological polar surface area (TPSA) is 112 Å². The number of carbonyl (C=O) groups is 1. The van der Waals surface area contributed by atoms with E-state index in [2.05, 4.69) is 10.3 Å². The molecule has 2 aromatic carbocycles. The normalized spacial score (nSPS) is 15.7. The van der Waals surface area contributed by atoms with Gasteiger partial charge in [0.2, 0.25) is 0 Å². The Morgan fingerprint density at radius 2 is 1.82 bits per heavy atom. The van der Waals surface area contributed by atoms with Gasteiger partial charge in [-0.15, -0.1) is 0 Å². The van der Waals surface area contributed by atoms with Crippen LogP contribution in [0.5, 0.6) is 5.75 Å². The molecule has 0 spiro atoms. The van der Waals surface area contributed by atoms with Gasteiger partial charge >= 0.3 is 6.18 Å². The first-order valence-corrected chi connectivity index (χ1v) is 13.7. The van der Waals surface area contributed by atoms with Crippen LogP contribution in [-0.4, -0.2) is 63.3 Å². The summed E-state index contributed by atoms with van der Waals surface area (Å²) in [6.45, 7) is 2.12. The fourth-order valence-electron chi connectivity index (χ4n) is 4.02. The lowest BCUT2D eigenvalue weighted by Crippen LogP contribution is -2.51. The largest absolute Gasteiger partial charge is 0.484 e. The number of aromatic nitrogens is 1. The van der Waals surface area contributed by atoms with Gasteiger partial charge in [-0.2, -0.15) is 13.2 Å². The van der Waals surface area contributed by atoms with Crippen LogP contribution in [0.25, 0.3) is 11.3 Å². The van der Waals surface area contributed by atoms with E-state index in [1.807, 2.05) is 25.1 Å². The number of hydrogen-bond donors (Lipinski definition) is 2. The van der Waals surface area contributed by atoms with E-state index >= 15 is 0 Å². The molecule has 1 unspecified atom stereocenters. The molecule has 2 N–H and O–H groups in total. The highest BCUT2D eigenvalue weighted by molar-refractivity contribution is 7.92. The molecule has 0 bridgehead atoms. The molecule has 214 valence electrons. The number of aliphatic hydroxyl groups is 1. The van der Waals surface area contributed by atoms with Gasteiger partial charge in [0.1, 0.15) is 23.3 Å². The van der Waals surface area contributed by atoms with Crippen LogP contribution in [0.4, 0.5) is 24.7 Å². The maximum absolute atomic E-state index is 13.8. The highest BCUT2D eigenvalue weighted by Gasteiger charge is 2.38. The fourth-order valence-corrected chi connectivity index (χ4v) is 5.57. The molecule has 1 amide bonds. The van der Waals surface area contributed by atoms with Crippen molar-refractivity contribution in [2.24, 2.45) is 0 Å². The van der Waals surface area contributed by atoms with Gasteiger partial charge < -0.3 is 20.1 Å². The Kier molecular flexibility index (Phi) is 7.74. The molecule has 4 rings (SSSR count). The minimum Gasteiger partial charge on any atom is -0.484 e. The van der Waals surface area contributed by atoms with Crippen LogP contribution in [0, 0.1) is 0 Å². The van der Waals surface area contributed by atoms with Crippen molar-refractivity contribution >= 4 is 27.4 Å². The predicted molar refractivity (Wildman–Crippen MR) is 144 cm³/mol. The van der Waals surface area contributed by atoms with Crippen molar-refractivity contribution in [3.8, 4) is 17.0 Å². The van der Waals surface area contributed by atoms with E-state index in [1.165, 1.54) is 13.8 Å². The number of halogens is 3. The summed E-state index contributed by atoms with van der Waals surface area (Å²) >= 11 is 0. The predicted octanol–water partition coefficient (Wildman–Crippen LogP) is 3.68. The molecule has 40 heavy (non-hydrogen) atoms. The summed E-state index contributed by atoms with van der Waals surface area (Å²) in [4.78, 5) is 18.0. The number of rotatable bonds is 7. The van der Waals surface area contributed by atoms with Gasteiger partial charge in [-0.05, 0) is 62.4 Å². The van der Waals surface area contributed by atoms with Gasteiger partial charge in [0.15, 0.2) is 0 Å². The lowest BCUT2D eigenvalue weighted by Gasteiger charge is -2.36. The Hall–Kier alpha value is -3.84. The standard InChI is InChI=1S/C27H29F3N4O5S/c1-26(2,36)25(35)31-15-19-16-34(40(37,38)20-8-5-7-18(14-20)27(28,29)30)22-13-17(11-12-23(22)39-19)21-9-6-10-24(32-21)33(3)4/h5-14,19,36H,15-16H2,1-4H3,(H,31,35). The van der Waals surface area contributed by atoms with Crippen LogP contribution in [-0.2, 0) is 21.0 Å². The maximum Gasteiger partial charge on any atom is 0.416 e. The fraction of sp³-hybridized carbons (Fsp3) is 0.333. The monoisotopic (exact) mass is 578 g/mol. The summed E-state index contributed by atoms with van der Waals surface area (Å²) in [5.74, 6) is 0.121. The van der Waals surface area contributed by atoms with E-state index in [1.54, 1.807) is 30.3 Å². The molecule has 0 saturated heterocycles. The number of nitrogens with one attached hydrogen (secondary N) is 1. The minimum atomic E-state index is -4.74. The smallest absolute Gasteiger partial charge is 0.416 e. The van der Waals surface area contributed by atoms with E-state index in [9.17, 15) is 31.5 Å². The van der Waals surface area contributed by atoms with E-state index in [-0.39, 0.29) is 24.5 Å². The highest BCUT2D eigenvalue weighted by Crippen LogP contribution is 2.40. The van der Waals surface area contributed by atoms with Crippen LogP contribution < -0.4 is 19.3 Å². The molecule has 1 aliphatic heterocycles. The van der Waals surface area contributed by atoms with Crippen molar-refractivity contribution in [2.45, 2.75) is 36.6 Å². The summed E-state index contributed by atoms with van der Waals surface area (Å²) < 4.78 is 74.8. The molecule has 0 saturated carbocycles. The molecule has 1 atom stereocenters. The van der Waals surface area contributed by atoms with Crippen molar-refractivity contribution in [3.05, 3.63) is 66.2 Å². The third-order valence-electron chi connectivity index (χ3n) is 6.17. The first-order valence-electron chi connectivity index (χ1n) is 12.2. The van der Waals surface area contributed by atoms with Gasteiger partial charge in [-0.3, -0.25) is 9.10 Å². The molecule has 0 aliphatic carbocycles. The lowest BCUT2D eigenvalue weighted by molar-refractivity contribution is -0.138. The Morgan fingerprint density at radius 3 is 2.48 bits per heavy atom. The van der Waals surface area contributed by atoms with Crippen LogP contribution in [0.2, 0.25) is 0 Å². The Balaban J connectivity index is 1.78. The van der Waals surface area contributed by atoms with E-state index < -0.39 is 44.3 Å². The summed E-state index contributed by atoms with van der Waals surface area (Å²) in [5.41, 5.74) is -1.57. The molecular formula is C27H29F3N4O5S. The number of benzene rings is 2. The van der Waals surface area contributed by atoms with Crippen LogP contribution in [0.1, 0.15) is 19.4 Å². The van der Waals surface area contributed by atoms with Crippen molar-refractivity contribution in [1.29, 1.82) is 0 Å².